The minimum absolute atomic E-state index is 0.560. The van der Waals surface area contributed by atoms with Crippen LogP contribution in [0, 0.1) is 11.3 Å². The molecule has 110 valence electrons. The van der Waals surface area contributed by atoms with E-state index in [1.165, 1.54) is 0 Å². The van der Waals surface area contributed by atoms with Crippen molar-refractivity contribution in [2.24, 2.45) is 0 Å². The number of benzene rings is 2. The summed E-state index contributed by atoms with van der Waals surface area (Å²) in [6.07, 6.45) is 9.15. The van der Waals surface area contributed by atoms with E-state index in [1.54, 1.807) is 0 Å². The van der Waals surface area contributed by atoms with Crippen molar-refractivity contribution in [3.8, 4) is 22.9 Å². The zero-order chi connectivity index (χ0) is 15.6. The second kappa shape index (κ2) is 8.49. The Bertz CT molecular complexity index is 673. The molecule has 2 aromatic carbocycles. The normalized spacial score (nSPS) is 10.9. The third kappa shape index (κ3) is 4.64. The summed E-state index contributed by atoms with van der Waals surface area (Å²) >= 11 is 0. The number of nitriles is 1. The third-order valence-corrected chi connectivity index (χ3v) is 3.17. The van der Waals surface area contributed by atoms with Gasteiger partial charge in [0.1, 0.15) is 12.4 Å². The van der Waals surface area contributed by atoms with Crippen molar-refractivity contribution < 1.29 is 4.74 Å². The molecule has 0 saturated carbocycles. The molecule has 0 saturated heterocycles. The van der Waals surface area contributed by atoms with Crippen molar-refractivity contribution in [3.05, 3.63) is 78.4 Å². The molecule has 0 N–H and O–H groups in total. The fourth-order valence-corrected chi connectivity index (χ4v) is 1.97. The Labute approximate surface area is 132 Å². The highest BCUT2D eigenvalue weighted by Gasteiger charge is 1.99. The molecule has 0 atom stereocenters. The van der Waals surface area contributed by atoms with Crippen molar-refractivity contribution >= 4 is 0 Å². The molecule has 2 nitrogen and oxygen atoms in total. The molecule has 2 heteroatoms. The lowest BCUT2D eigenvalue weighted by Crippen LogP contribution is -1.92. The lowest BCUT2D eigenvalue weighted by atomic mass is 10.0. The summed E-state index contributed by atoms with van der Waals surface area (Å²) in [6.45, 7) is 2.67. The van der Waals surface area contributed by atoms with E-state index in [0.717, 1.165) is 23.3 Å². The number of hydrogen-bond acceptors (Lipinski definition) is 2. The van der Waals surface area contributed by atoms with Crippen LogP contribution in [0.15, 0.2) is 72.8 Å². The number of rotatable bonds is 6. The van der Waals surface area contributed by atoms with Crippen LogP contribution < -0.4 is 4.74 Å². The first kappa shape index (κ1) is 15.6. The zero-order valence-corrected chi connectivity index (χ0v) is 12.7. The summed E-state index contributed by atoms with van der Waals surface area (Å²) in [6, 6.07) is 17.7. The standard InChI is InChI=1S/C20H19NO/c1-2-3-4-5-6-15-22-20-13-11-19(12-14-20)18-9-7-17(16-21)8-10-18/h3-14H,2,15H2,1H3/b4-3+,6-5+. The molecule has 2 aromatic rings. The van der Waals surface area contributed by atoms with Gasteiger partial charge in [-0.15, -0.1) is 0 Å². The second-order valence-corrected chi connectivity index (χ2v) is 4.79. The van der Waals surface area contributed by atoms with Crippen LogP contribution in [0.25, 0.3) is 11.1 Å². The molecule has 0 unspecified atom stereocenters. The summed E-state index contributed by atoms with van der Waals surface area (Å²) in [7, 11) is 0. The zero-order valence-electron chi connectivity index (χ0n) is 12.7. The monoisotopic (exact) mass is 289 g/mol. The maximum atomic E-state index is 8.81. The van der Waals surface area contributed by atoms with Crippen LogP contribution in [0.2, 0.25) is 0 Å². The Morgan fingerprint density at radius 2 is 1.50 bits per heavy atom. The first-order chi connectivity index (χ1) is 10.8. The van der Waals surface area contributed by atoms with Crippen LogP contribution >= 0.6 is 0 Å². The van der Waals surface area contributed by atoms with Gasteiger partial charge in [-0.25, -0.2) is 0 Å². The molecule has 0 fully saturated rings. The van der Waals surface area contributed by atoms with Gasteiger partial charge in [-0.2, -0.15) is 5.26 Å². The van der Waals surface area contributed by atoms with Crippen LogP contribution in [0.3, 0.4) is 0 Å². The predicted molar refractivity (Wildman–Crippen MR) is 90.7 cm³/mol. The van der Waals surface area contributed by atoms with E-state index in [-0.39, 0.29) is 0 Å². The maximum absolute atomic E-state index is 8.81. The molecule has 0 amide bonds. The van der Waals surface area contributed by atoms with Gasteiger partial charge in [0.15, 0.2) is 0 Å². The van der Waals surface area contributed by atoms with Crippen molar-refractivity contribution in [1.82, 2.24) is 0 Å². The van der Waals surface area contributed by atoms with E-state index in [9.17, 15) is 0 Å². The number of hydrogen-bond donors (Lipinski definition) is 0. The lowest BCUT2D eigenvalue weighted by Gasteiger charge is -2.05. The van der Waals surface area contributed by atoms with Gasteiger partial charge >= 0.3 is 0 Å². The number of nitrogens with zero attached hydrogens (tertiary/aromatic N) is 1. The maximum Gasteiger partial charge on any atom is 0.119 e. The molecule has 0 aliphatic heterocycles. The Morgan fingerprint density at radius 1 is 0.909 bits per heavy atom. The van der Waals surface area contributed by atoms with Crippen LogP contribution in [0.1, 0.15) is 18.9 Å². The molecule has 0 bridgehead atoms. The SMILES string of the molecule is CC/C=C/C=C/COc1ccc(-c2ccc(C#N)cc2)cc1. The highest BCUT2D eigenvalue weighted by atomic mass is 16.5. The van der Waals surface area contributed by atoms with Crippen LogP contribution in [-0.4, -0.2) is 6.61 Å². The van der Waals surface area contributed by atoms with Crippen LogP contribution in [0.4, 0.5) is 0 Å². The molecule has 0 aromatic heterocycles. The van der Waals surface area contributed by atoms with Gasteiger partial charge in [-0.05, 0) is 47.9 Å². The van der Waals surface area contributed by atoms with Crippen LogP contribution in [0.5, 0.6) is 5.75 Å². The van der Waals surface area contributed by atoms with E-state index in [4.69, 9.17) is 10.00 Å². The minimum atomic E-state index is 0.560. The van der Waals surface area contributed by atoms with Gasteiger partial charge in [0.25, 0.3) is 0 Å². The van der Waals surface area contributed by atoms with E-state index < -0.39 is 0 Å². The van der Waals surface area contributed by atoms with Gasteiger partial charge in [0, 0.05) is 0 Å². The van der Waals surface area contributed by atoms with Gasteiger partial charge in [-0.3, -0.25) is 0 Å². The Hall–Kier alpha value is -2.79. The Kier molecular flexibility index (Phi) is 6.02. The number of ether oxygens (including phenoxy) is 1. The fourth-order valence-electron chi connectivity index (χ4n) is 1.97. The minimum Gasteiger partial charge on any atom is -0.490 e. The van der Waals surface area contributed by atoms with Crippen molar-refractivity contribution in [2.75, 3.05) is 6.61 Å². The van der Waals surface area contributed by atoms with Crippen molar-refractivity contribution in [1.29, 1.82) is 5.26 Å². The van der Waals surface area contributed by atoms with Gasteiger partial charge < -0.3 is 4.74 Å². The molecule has 0 radical (unpaired) electrons. The topological polar surface area (TPSA) is 33.0 Å². The van der Waals surface area contributed by atoms with Gasteiger partial charge in [0.05, 0.1) is 11.6 Å². The van der Waals surface area contributed by atoms with E-state index in [0.29, 0.717) is 12.2 Å². The quantitative estimate of drug-likeness (QED) is 0.691. The van der Waals surface area contributed by atoms with Crippen LogP contribution in [-0.2, 0) is 0 Å². The smallest absolute Gasteiger partial charge is 0.119 e. The van der Waals surface area contributed by atoms with Gasteiger partial charge in [0.2, 0.25) is 0 Å². The van der Waals surface area contributed by atoms with Crippen molar-refractivity contribution in [2.45, 2.75) is 13.3 Å². The Balaban J connectivity index is 1.93. The number of allylic oxidation sites excluding steroid dienone is 3. The average molecular weight is 289 g/mol. The van der Waals surface area contributed by atoms with E-state index >= 15 is 0 Å². The average Bonchev–Trinajstić information content (AvgIpc) is 2.59. The molecule has 0 aliphatic rings. The summed E-state index contributed by atoms with van der Waals surface area (Å²) in [5.41, 5.74) is 2.88. The molecular weight excluding hydrogens is 270 g/mol. The molecule has 0 aliphatic carbocycles. The third-order valence-electron chi connectivity index (χ3n) is 3.17. The summed E-state index contributed by atoms with van der Waals surface area (Å²) in [4.78, 5) is 0. The lowest BCUT2D eigenvalue weighted by molar-refractivity contribution is 0.363. The fraction of sp³-hybridized carbons (Fsp3) is 0.150. The van der Waals surface area contributed by atoms with Gasteiger partial charge in [-0.1, -0.05) is 49.4 Å². The van der Waals surface area contributed by atoms with E-state index in [1.807, 2.05) is 66.8 Å². The highest BCUT2D eigenvalue weighted by molar-refractivity contribution is 5.64. The van der Waals surface area contributed by atoms with E-state index in [2.05, 4.69) is 19.1 Å². The first-order valence-corrected chi connectivity index (χ1v) is 7.38. The molecule has 0 spiro atoms. The van der Waals surface area contributed by atoms with Crippen molar-refractivity contribution in [3.63, 3.8) is 0 Å². The summed E-state index contributed by atoms with van der Waals surface area (Å²) < 4.78 is 5.65. The second-order valence-electron chi connectivity index (χ2n) is 4.79. The summed E-state index contributed by atoms with van der Waals surface area (Å²) in [5, 5.41) is 8.81. The molecule has 0 heterocycles. The molecule has 22 heavy (non-hydrogen) atoms. The first-order valence-electron chi connectivity index (χ1n) is 7.38. The largest absolute Gasteiger partial charge is 0.490 e. The Morgan fingerprint density at radius 3 is 2.09 bits per heavy atom. The predicted octanol–water partition coefficient (Wildman–Crippen LogP) is 5.13. The molecule has 2 rings (SSSR count). The molecular formula is C20H19NO. The highest BCUT2D eigenvalue weighted by Crippen LogP contribution is 2.22. The summed E-state index contributed by atoms with van der Waals surface area (Å²) in [5.74, 6) is 0.849.